The highest BCUT2D eigenvalue weighted by atomic mass is 19.1. The maximum Gasteiger partial charge on any atom is 0.338 e. The summed E-state index contributed by atoms with van der Waals surface area (Å²) in [5, 5.41) is 15.4. The first-order valence-corrected chi connectivity index (χ1v) is 6.17. The monoisotopic (exact) mass is 252 g/mol. The Kier molecular flexibility index (Phi) is 4.15. The summed E-state index contributed by atoms with van der Waals surface area (Å²) in [6.45, 7) is 1.96. The molecule has 1 saturated heterocycles. The van der Waals surface area contributed by atoms with Gasteiger partial charge in [-0.15, -0.1) is 0 Å². The smallest absolute Gasteiger partial charge is 0.338 e. The van der Waals surface area contributed by atoms with Crippen LogP contribution >= 0.6 is 0 Å². The lowest BCUT2D eigenvalue weighted by atomic mass is 10.1. The minimum atomic E-state index is -1.24. The van der Waals surface area contributed by atoms with E-state index in [2.05, 4.69) is 10.6 Å². The van der Waals surface area contributed by atoms with Gasteiger partial charge in [-0.25, -0.2) is 9.18 Å². The lowest BCUT2D eigenvalue weighted by molar-refractivity contribution is 0.0692. The molecule has 98 valence electrons. The molecule has 1 aromatic rings. The van der Waals surface area contributed by atoms with Crippen LogP contribution < -0.4 is 10.6 Å². The van der Waals surface area contributed by atoms with Gasteiger partial charge in [-0.3, -0.25) is 0 Å². The Morgan fingerprint density at radius 3 is 3.00 bits per heavy atom. The van der Waals surface area contributed by atoms with Crippen molar-refractivity contribution in [3.8, 4) is 0 Å². The Morgan fingerprint density at radius 2 is 2.22 bits per heavy atom. The van der Waals surface area contributed by atoms with Crippen LogP contribution in [0.3, 0.4) is 0 Å². The topological polar surface area (TPSA) is 61.4 Å². The molecule has 5 heteroatoms. The number of nitrogens with one attached hydrogen (secondary N) is 2. The van der Waals surface area contributed by atoms with Gasteiger partial charge < -0.3 is 15.7 Å². The Balaban J connectivity index is 2.08. The molecule has 4 nitrogen and oxygen atoms in total. The van der Waals surface area contributed by atoms with Crippen molar-refractivity contribution < 1.29 is 14.3 Å². The number of carboxylic acid groups (broad SMARTS) is 1. The number of aromatic carboxylic acids is 1. The molecule has 1 heterocycles. The van der Waals surface area contributed by atoms with Crippen LogP contribution in [-0.2, 0) is 0 Å². The molecule has 0 aromatic heterocycles. The average molecular weight is 252 g/mol. The van der Waals surface area contributed by atoms with Crippen molar-refractivity contribution in [2.24, 2.45) is 0 Å². The summed E-state index contributed by atoms with van der Waals surface area (Å²) in [6.07, 6.45) is 3.11. The average Bonchev–Trinajstić information content (AvgIpc) is 2.60. The van der Waals surface area contributed by atoms with Crippen molar-refractivity contribution in [1.82, 2.24) is 5.32 Å². The summed E-state index contributed by atoms with van der Waals surface area (Å²) in [7, 11) is 0. The predicted octanol–water partition coefficient (Wildman–Crippen LogP) is 2.08. The van der Waals surface area contributed by atoms with E-state index in [1.165, 1.54) is 12.1 Å². The fourth-order valence-electron chi connectivity index (χ4n) is 2.18. The number of carboxylic acids is 1. The van der Waals surface area contributed by atoms with E-state index in [4.69, 9.17) is 5.11 Å². The molecule has 1 aliphatic heterocycles. The third kappa shape index (κ3) is 3.20. The number of benzene rings is 1. The van der Waals surface area contributed by atoms with Crippen LogP contribution in [0.2, 0.25) is 0 Å². The molecular weight excluding hydrogens is 235 g/mol. The van der Waals surface area contributed by atoms with Crippen molar-refractivity contribution in [3.63, 3.8) is 0 Å². The van der Waals surface area contributed by atoms with Crippen LogP contribution in [0.4, 0.5) is 10.1 Å². The summed E-state index contributed by atoms with van der Waals surface area (Å²) in [5.74, 6) is -1.94. The van der Waals surface area contributed by atoms with Gasteiger partial charge in [0.25, 0.3) is 0 Å². The fraction of sp³-hybridized carbons (Fsp3) is 0.462. The van der Waals surface area contributed by atoms with Gasteiger partial charge in [-0.1, -0.05) is 0 Å². The molecule has 0 saturated carbocycles. The standard InChI is InChI=1S/C13H17FN2O2/c14-12-4-3-10(8-11(12)13(17)18)16-9-2-1-6-15-7-5-9/h3-4,8-9,15-16H,1-2,5-7H2,(H,17,18). The molecule has 1 atom stereocenters. The molecule has 0 aliphatic carbocycles. The molecule has 0 radical (unpaired) electrons. The van der Waals surface area contributed by atoms with E-state index in [1.54, 1.807) is 6.07 Å². The molecule has 1 aromatic carbocycles. The van der Waals surface area contributed by atoms with Crippen molar-refractivity contribution in [3.05, 3.63) is 29.6 Å². The Morgan fingerprint density at radius 1 is 1.39 bits per heavy atom. The molecular formula is C13H17FN2O2. The molecule has 0 bridgehead atoms. The van der Waals surface area contributed by atoms with E-state index in [1.807, 2.05) is 0 Å². The van der Waals surface area contributed by atoms with Gasteiger partial charge >= 0.3 is 5.97 Å². The zero-order valence-corrected chi connectivity index (χ0v) is 10.1. The molecule has 18 heavy (non-hydrogen) atoms. The molecule has 0 amide bonds. The van der Waals surface area contributed by atoms with E-state index in [-0.39, 0.29) is 5.56 Å². The predicted molar refractivity (Wildman–Crippen MR) is 67.5 cm³/mol. The van der Waals surface area contributed by atoms with Crippen LogP contribution in [0.1, 0.15) is 29.6 Å². The summed E-state index contributed by atoms with van der Waals surface area (Å²) >= 11 is 0. The fourth-order valence-corrected chi connectivity index (χ4v) is 2.18. The summed E-state index contributed by atoms with van der Waals surface area (Å²) in [6, 6.07) is 4.45. The van der Waals surface area contributed by atoms with Crippen molar-refractivity contribution >= 4 is 11.7 Å². The second-order valence-corrected chi connectivity index (χ2v) is 4.52. The van der Waals surface area contributed by atoms with Gasteiger partial charge in [0.1, 0.15) is 5.82 Å². The first-order chi connectivity index (χ1) is 8.66. The van der Waals surface area contributed by atoms with Crippen LogP contribution in [0.25, 0.3) is 0 Å². The molecule has 1 aliphatic rings. The van der Waals surface area contributed by atoms with E-state index in [0.717, 1.165) is 32.4 Å². The lowest BCUT2D eigenvalue weighted by Gasteiger charge is -2.17. The quantitative estimate of drug-likeness (QED) is 0.770. The van der Waals surface area contributed by atoms with E-state index >= 15 is 0 Å². The Bertz CT molecular complexity index is 429. The minimum absolute atomic E-state index is 0.285. The molecule has 3 N–H and O–H groups in total. The highest BCUT2D eigenvalue weighted by Crippen LogP contribution is 2.18. The van der Waals surface area contributed by atoms with E-state index in [9.17, 15) is 9.18 Å². The highest BCUT2D eigenvalue weighted by Gasteiger charge is 2.14. The summed E-state index contributed by atoms with van der Waals surface area (Å²) < 4.78 is 13.2. The minimum Gasteiger partial charge on any atom is -0.478 e. The van der Waals surface area contributed by atoms with Crippen molar-refractivity contribution in [2.45, 2.75) is 25.3 Å². The Labute approximate surface area is 105 Å². The first-order valence-electron chi connectivity index (χ1n) is 6.17. The van der Waals surface area contributed by atoms with Gasteiger partial charge in [0.15, 0.2) is 0 Å². The normalized spacial score (nSPS) is 20.2. The van der Waals surface area contributed by atoms with Crippen LogP contribution in [0.15, 0.2) is 18.2 Å². The maximum absolute atomic E-state index is 13.2. The van der Waals surface area contributed by atoms with Crippen molar-refractivity contribution in [1.29, 1.82) is 0 Å². The largest absolute Gasteiger partial charge is 0.478 e. The second kappa shape index (κ2) is 5.82. The summed E-state index contributed by atoms with van der Waals surface area (Å²) in [5.41, 5.74) is 0.382. The number of rotatable bonds is 3. The van der Waals surface area contributed by atoms with E-state index in [0.29, 0.717) is 11.7 Å². The maximum atomic E-state index is 13.2. The molecule has 1 unspecified atom stereocenters. The van der Waals surface area contributed by atoms with Crippen molar-refractivity contribution in [2.75, 3.05) is 18.4 Å². The van der Waals surface area contributed by atoms with Gasteiger partial charge in [0.05, 0.1) is 5.56 Å². The summed E-state index contributed by atoms with van der Waals surface area (Å²) in [4.78, 5) is 10.8. The first kappa shape index (κ1) is 12.8. The third-order valence-electron chi connectivity index (χ3n) is 3.14. The number of halogens is 1. The molecule has 1 fully saturated rings. The van der Waals surface area contributed by atoms with E-state index < -0.39 is 11.8 Å². The number of hydrogen-bond donors (Lipinski definition) is 3. The zero-order valence-electron chi connectivity index (χ0n) is 10.1. The van der Waals surface area contributed by atoms with Crippen LogP contribution in [-0.4, -0.2) is 30.2 Å². The number of hydrogen-bond acceptors (Lipinski definition) is 3. The SMILES string of the molecule is O=C(O)c1cc(NC2CCCNCC2)ccc1F. The molecule has 2 rings (SSSR count). The second-order valence-electron chi connectivity index (χ2n) is 4.52. The number of carbonyl (C=O) groups is 1. The van der Waals surface area contributed by atoms with Gasteiger partial charge in [0.2, 0.25) is 0 Å². The van der Waals surface area contributed by atoms with Gasteiger partial charge in [-0.05, 0) is 50.6 Å². The van der Waals surface area contributed by atoms with Crippen LogP contribution in [0.5, 0.6) is 0 Å². The van der Waals surface area contributed by atoms with Crippen LogP contribution in [0, 0.1) is 5.82 Å². The number of anilines is 1. The molecule has 0 spiro atoms. The zero-order chi connectivity index (χ0) is 13.0. The lowest BCUT2D eigenvalue weighted by Crippen LogP contribution is -2.21. The third-order valence-corrected chi connectivity index (χ3v) is 3.14. The van der Waals surface area contributed by atoms with Gasteiger partial charge in [-0.2, -0.15) is 0 Å². The van der Waals surface area contributed by atoms with Gasteiger partial charge in [0, 0.05) is 11.7 Å². The Hall–Kier alpha value is -1.62. The highest BCUT2D eigenvalue weighted by molar-refractivity contribution is 5.89.